The third-order valence-corrected chi connectivity index (χ3v) is 5.85. The van der Waals surface area contributed by atoms with Crippen LogP contribution in [0.4, 0.5) is 4.79 Å². The van der Waals surface area contributed by atoms with Gasteiger partial charge in [-0.2, -0.15) is 0 Å². The Morgan fingerprint density at radius 1 is 1.38 bits per heavy atom. The van der Waals surface area contributed by atoms with E-state index in [0.29, 0.717) is 6.42 Å². The van der Waals surface area contributed by atoms with E-state index in [4.69, 9.17) is 5.73 Å². The molecule has 1 aromatic rings. The number of nitrogens with one attached hydrogen (secondary N) is 2. The Bertz CT molecular complexity index is 763. The highest BCUT2D eigenvalue weighted by molar-refractivity contribution is 6.09. The number of aryl methyl sites for hydroxylation is 1. The molecule has 1 aromatic carbocycles. The molecule has 1 heterocycles. The standard InChI is InChI=1S/C19H26N4O3/c1-12(2)18(3,11-20)21-15(24)10-23-16(25)19(22-17(23)26)9-8-13-6-4-5-7-14(13)19/h4-7,12H,8-11,20H2,1-3H3,(H,21,24)(H,22,26). The van der Waals surface area contributed by atoms with Gasteiger partial charge in [0.1, 0.15) is 12.1 Å². The summed E-state index contributed by atoms with van der Waals surface area (Å²) in [7, 11) is 0. The van der Waals surface area contributed by atoms with Crippen molar-refractivity contribution in [2.45, 2.75) is 44.7 Å². The van der Waals surface area contributed by atoms with Gasteiger partial charge >= 0.3 is 6.03 Å². The van der Waals surface area contributed by atoms with E-state index in [-0.39, 0.29) is 24.9 Å². The molecule has 0 bridgehead atoms. The van der Waals surface area contributed by atoms with Crippen LogP contribution in [0.25, 0.3) is 0 Å². The summed E-state index contributed by atoms with van der Waals surface area (Å²) in [5, 5.41) is 5.69. The number of rotatable bonds is 5. The van der Waals surface area contributed by atoms with Crippen molar-refractivity contribution in [2.75, 3.05) is 13.1 Å². The lowest BCUT2D eigenvalue weighted by Crippen LogP contribution is -2.57. The van der Waals surface area contributed by atoms with Crippen molar-refractivity contribution in [3.8, 4) is 0 Å². The number of hydrogen-bond donors (Lipinski definition) is 3. The third-order valence-electron chi connectivity index (χ3n) is 5.85. The zero-order valence-corrected chi connectivity index (χ0v) is 15.5. The molecule has 1 aliphatic carbocycles. The van der Waals surface area contributed by atoms with E-state index in [0.717, 1.165) is 22.4 Å². The van der Waals surface area contributed by atoms with Crippen molar-refractivity contribution >= 4 is 17.8 Å². The van der Waals surface area contributed by atoms with Crippen LogP contribution in [0.1, 0.15) is 38.3 Å². The predicted molar refractivity (Wildman–Crippen MR) is 97.1 cm³/mol. The molecule has 0 radical (unpaired) electrons. The fourth-order valence-corrected chi connectivity index (χ4v) is 3.67. The molecule has 0 saturated carbocycles. The third kappa shape index (κ3) is 2.76. The van der Waals surface area contributed by atoms with Gasteiger partial charge in [-0.25, -0.2) is 4.79 Å². The molecule has 4 N–H and O–H groups in total. The van der Waals surface area contributed by atoms with Crippen LogP contribution in [0, 0.1) is 5.92 Å². The van der Waals surface area contributed by atoms with E-state index >= 15 is 0 Å². The molecule has 1 aliphatic heterocycles. The first-order valence-electron chi connectivity index (χ1n) is 8.97. The van der Waals surface area contributed by atoms with Gasteiger partial charge in [0.25, 0.3) is 5.91 Å². The number of nitrogens with two attached hydrogens (primary N) is 1. The Hall–Kier alpha value is -2.41. The average molecular weight is 358 g/mol. The Balaban J connectivity index is 1.78. The van der Waals surface area contributed by atoms with Gasteiger partial charge in [0.15, 0.2) is 0 Å². The van der Waals surface area contributed by atoms with Crippen molar-refractivity contribution < 1.29 is 14.4 Å². The summed E-state index contributed by atoms with van der Waals surface area (Å²) in [6, 6.07) is 7.09. The van der Waals surface area contributed by atoms with Gasteiger partial charge in [0.2, 0.25) is 5.91 Å². The van der Waals surface area contributed by atoms with Crippen molar-refractivity contribution in [3.63, 3.8) is 0 Å². The first-order chi connectivity index (χ1) is 12.2. The molecule has 3 rings (SSSR count). The van der Waals surface area contributed by atoms with Gasteiger partial charge < -0.3 is 16.4 Å². The Labute approximate surface area is 153 Å². The number of carbonyl (C=O) groups excluding carboxylic acids is 3. The molecule has 7 heteroatoms. The van der Waals surface area contributed by atoms with E-state index in [1.807, 2.05) is 45.0 Å². The SMILES string of the molecule is CC(C)C(C)(CN)NC(=O)CN1C(=O)NC2(CCc3ccccc32)C1=O. The molecule has 7 nitrogen and oxygen atoms in total. The second kappa shape index (κ2) is 6.39. The van der Waals surface area contributed by atoms with Crippen molar-refractivity contribution in [2.24, 2.45) is 11.7 Å². The van der Waals surface area contributed by atoms with Gasteiger partial charge in [0, 0.05) is 6.54 Å². The fraction of sp³-hybridized carbons (Fsp3) is 0.526. The van der Waals surface area contributed by atoms with E-state index in [1.54, 1.807) is 0 Å². The highest BCUT2D eigenvalue weighted by atomic mass is 16.2. The maximum Gasteiger partial charge on any atom is 0.325 e. The summed E-state index contributed by atoms with van der Waals surface area (Å²) in [6.07, 6.45) is 1.24. The number of fused-ring (bicyclic) bond motifs is 2. The van der Waals surface area contributed by atoms with Crippen LogP contribution in [0.5, 0.6) is 0 Å². The second-order valence-corrected chi connectivity index (χ2v) is 7.71. The maximum absolute atomic E-state index is 13.0. The van der Waals surface area contributed by atoms with Gasteiger partial charge in [-0.1, -0.05) is 38.1 Å². The monoisotopic (exact) mass is 358 g/mol. The number of carbonyl (C=O) groups is 3. The number of hydrogen-bond acceptors (Lipinski definition) is 4. The molecular weight excluding hydrogens is 332 g/mol. The lowest BCUT2D eigenvalue weighted by molar-refractivity contribution is -0.135. The number of imide groups is 1. The second-order valence-electron chi connectivity index (χ2n) is 7.71. The molecule has 2 atom stereocenters. The molecule has 140 valence electrons. The number of benzene rings is 1. The smallest absolute Gasteiger partial charge is 0.325 e. The van der Waals surface area contributed by atoms with Crippen LogP contribution in [0.3, 0.4) is 0 Å². The van der Waals surface area contributed by atoms with Crippen LogP contribution in [-0.2, 0) is 21.5 Å². The summed E-state index contributed by atoms with van der Waals surface area (Å²) in [5.41, 5.74) is 6.05. The van der Waals surface area contributed by atoms with Crippen LogP contribution in [0.15, 0.2) is 24.3 Å². The van der Waals surface area contributed by atoms with Crippen molar-refractivity contribution in [1.82, 2.24) is 15.5 Å². The summed E-state index contributed by atoms with van der Waals surface area (Å²) in [5.74, 6) is -0.632. The van der Waals surface area contributed by atoms with E-state index in [2.05, 4.69) is 10.6 Å². The maximum atomic E-state index is 13.0. The van der Waals surface area contributed by atoms with E-state index in [9.17, 15) is 14.4 Å². The summed E-state index contributed by atoms with van der Waals surface area (Å²) >= 11 is 0. The molecule has 2 unspecified atom stereocenters. The molecule has 1 spiro atoms. The minimum Gasteiger partial charge on any atom is -0.348 e. The minimum absolute atomic E-state index is 0.118. The quantitative estimate of drug-likeness (QED) is 0.679. The zero-order valence-electron chi connectivity index (χ0n) is 15.5. The van der Waals surface area contributed by atoms with Crippen molar-refractivity contribution in [1.29, 1.82) is 0 Å². The highest BCUT2D eigenvalue weighted by Crippen LogP contribution is 2.41. The first kappa shape index (κ1) is 18.4. The van der Waals surface area contributed by atoms with Crippen LogP contribution in [-0.4, -0.2) is 41.4 Å². The topological polar surface area (TPSA) is 105 Å². The van der Waals surface area contributed by atoms with Gasteiger partial charge in [0.05, 0.1) is 5.54 Å². The van der Waals surface area contributed by atoms with Crippen LogP contribution in [0.2, 0.25) is 0 Å². The lowest BCUT2D eigenvalue weighted by Gasteiger charge is -2.34. The highest BCUT2D eigenvalue weighted by Gasteiger charge is 2.55. The zero-order chi connectivity index (χ0) is 19.1. The Morgan fingerprint density at radius 2 is 2.08 bits per heavy atom. The number of nitrogens with zero attached hydrogens (tertiary/aromatic N) is 1. The molecule has 4 amide bonds. The molecule has 2 aliphatic rings. The van der Waals surface area contributed by atoms with Gasteiger partial charge in [-0.05, 0) is 36.8 Å². The van der Waals surface area contributed by atoms with E-state index in [1.165, 1.54) is 0 Å². The predicted octanol–water partition coefficient (Wildman–Crippen LogP) is 0.870. The van der Waals surface area contributed by atoms with Crippen molar-refractivity contribution in [3.05, 3.63) is 35.4 Å². The molecular formula is C19H26N4O3. The lowest BCUT2D eigenvalue weighted by atomic mass is 9.88. The summed E-state index contributed by atoms with van der Waals surface area (Å²) < 4.78 is 0. The summed E-state index contributed by atoms with van der Waals surface area (Å²) in [6.45, 7) is 5.75. The molecule has 26 heavy (non-hydrogen) atoms. The minimum atomic E-state index is -1.04. The first-order valence-corrected chi connectivity index (χ1v) is 8.97. The Morgan fingerprint density at radius 3 is 2.73 bits per heavy atom. The average Bonchev–Trinajstić information content (AvgIpc) is 3.08. The van der Waals surface area contributed by atoms with Gasteiger partial charge in [-0.15, -0.1) is 0 Å². The number of urea groups is 1. The molecule has 1 fully saturated rings. The molecule has 0 aromatic heterocycles. The van der Waals surface area contributed by atoms with Crippen LogP contribution >= 0.6 is 0 Å². The Kier molecular flexibility index (Phi) is 4.52. The van der Waals surface area contributed by atoms with Gasteiger partial charge in [-0.3, -0.25) is 14.5 Å². The number of amides is 4. The normalized spacial score (nSPS) is 24.0. The summed E-state index contributed by atoms with van der Waals surface area (Å²) in [4.78, 5) is 39.0. The fourth-order valence-electron chi connectivity index (χ4n) is 3.67. The largest absolute Gasteiger partial charge is 0.348 e. The molecule has 1 saturated heterocycles. The van der Waals surface area contributed by atoms with Crippen LogP contribution < -0.4 is 16.4 Å². The van der Waals surface area contributed by atoms with E-state index < -0.39 is 23.0 Å².